The van der Waals surface area contributed by atoms with Crippen LogP contribution in [-0.4, -0.2) is 29.6 Å². The SMILES string of the molecule is CC1CCC(C2CCC(C3CCCCC3)C(N)C2)CN(C2CCCCC2)C2CCCCC12. The lowest BCUT2D eigenvalue weighted by Gasteiger charge is -2.51. The van der Waals surface area contributed by atoms with Gasteiger partial charge in [0.2, 0.25) is 0 Å². The summed E-state index contributed by atoms with van der Waals surface area (Å²) in [5, 5.41) is 0. The van der Waals surface area contributed by atoms with Crippen molar-refractivity contribution in [1.29, 1.82) is 0 Å². The molecule has 184 valence electrons. The van der Waals surface area contributed by atoms with Crippen molar-refractivity contribution in [2.75, 3.05) is 6.54 Å². The molecule has 5 aliphatic rings. The minimum atomic E-state index is 0.491. The molecule has 32 heavy (non-hydrogen) atoms. The van der Waals surface area contributed by atoms with E-state index in [4.69, 9.17) is 5.73 Å². The zero-order valence-electron chi connectivity index (χ0n) is 21.4. The Labute approximate surface area is 199 Å². The first-order chi connectivity index (χ1) is 15.7. The first-order valence-corrected chi connectivity index (χ1v) is 15.2. The van der Waals surface area contributed by atoms with Crippen molar-refractivity contribution in [3.63, 3.8) is 0 Å². The summed E-state index contributed by atoms with van der Waals surface area (Å²) >= 11 is 0. The Morgan fingerprint density at radius 3 is 1.97 bits per heavy atom. The van der Waals surface area contributed by atoms with Gasteiger partial charge in [0, 0.05) is 24.7 Å². The van der Waals surface area contributed by atoms with Crippen molar-refractivity contribution in [2.24, 2.45) is 41.2 Å². The number of hydrogen-bond donors (Lipinski definition) is 1. The Bertz CT molecular complexity index is 563. The van der Waals surface area contributed by atoms with Crippen LogP contribution >= 0.6 is 0 Å². The summed E-state index contributed by atoms with van der Waals surface area (Å²) in [5.41, 5.74) is 6.97. The van der Waals surface area contributed by atoms with Crippen molar-refractivity contribution in [2.45, 2.75) is 147 Å². The number of hydrogen-bond acceptors (Lipinski definition) is 2. The second-order valence-electron chi connectivity index (χ2n) is 13.1. The molecule has 0 radical (unpaired) electrons. The first kappa shape index (κ1) is 23.7. The lowest BCUT2D eigenvalue weighted by atomic mass is 9.64. The molecule has 1 heterocycles. The third-order valence-electron chi connectivity index (χ3n) is 11.3. The summed E-state index contributed by atoms with van der Waals surface area (Å²) in [4.78, 5) is 3.15. The van der Waals surface area contributed by atoms with Gasteiger partial charge in [0.05, 0.1) is 0 Å². The second-order valence-corrected chi connectivity index (χ2v) is 13.1. The fraction of sp³-hybridized carbons (Fsp3) is 1.00. The fourth-order valence-corrected chi connectivity index (χ4v) is 9.46. The molecule has 0 aromatic rings. The van der Waals surface area contributed by atoms with Crippen molar-refractivity contribution < 1.29 is 0 Å². The van der Waals surface area contributed by atoms with Gasteiger partial charge in [0.25, 0.3) is 0 Å². The zero-order valence-corrected chi connectivity index (χ0v) is 21.4. The van der Waals surface area contributed by atoms with Crippen molar-refractivity contribution in [3.8, 4) is 0 Å². The van der Waals surface area contributed by atoms with Gasteiger partial charge in [-0.25, -0.2) is 0 Å². The monoisotopic (exact) mass is 442 g/mol. The number of nitrogens with zero attached hydrogens (tertiary/aromatic N) is 1. The molecule has 2 nitrogen and oxygen atoms in total. The molecule has 7 unspecified atom stereocenters. The number of fused-ring (bicyclic) bond motifs is 1. The summed E-state index contributed by atoms with van der Waals surface area (Å²) in [7, 11) is 0. The van der Waals surface area contributed by atoms with Crippen LogP contribution in [0.15, 0.2) is 0 Å². The third kappa shape index (κ3) is 5.27. The maximum Gasteiger partial charge on any atom is 0.0129 e. The Balaban J connectivity index is 1.29. The Kier molecular flexibility index (Phi) is 8.21. The van der Waals surface area contributed by atoms with E-state index in [-0.39, 0.29) is 0 Å². The van der Waals surface area contributed by atoms with Crippen LogP contribution in [0.3, 0.4) is 0 Å². The molecule has 1 aliphatic heterocycles. The quantitative estimate of drug-likeness (QED) is 0.489. The van der Waals surface area contributed by atoms with Crippen LogP contribution in [0.25, 0.3) is 0 Å². The highest BCUT2D eigenvalue weighted by atomic mass is 15.2. The van der Waals surface area contributed by atoms with Gasteiger partial charge in [-0.15, -0.1) is 0 Å². The smallest absolute Gasteiger partial charge is 0.0129 e. The molecule has 0 spiro atoms. The standard InChI is InChI=1S/C30H54N2/c1-22-16-17-25(24-18-19-28(29(31)20-24)23-10-4-2-5-11-23)21-32(26-12-6-3-7-13-26)30-15-9-8-14-27(22)30/h22-30H,2-21,31H2,1H3. The normalized spacial score (nSPS) is 43.9. The number of likely N-dealkylation sites (tertiary alicyclic amines) is 1. The highest BCUT2D eigenvalue weighted by Crippen LogP contribution is 2.46. The molecule has 5 fully saturated rings. The van der Waals surface area contributed by atoms with Gasteiger partial charge >= 0.3 is 0 Å². The molecule has 4 saturated carbocycles. The Morgan fingerprint density at radius 2 is 1.22 bits per heavy atom. The van der Waals surface area contributed by atoms with Crippen LogP contribution in [0.4, 0.5) is 0 Å². The highest BCUT2D eigenvalue weighted by Gasteiger charge is 2.42. The van der Waals surface area contributed by atoms with E-state index in [2.05, 4.69) is 11.8 Å². The first-order valence-electron chi connectivity index (χ1n) is 15.2. The Morgan fingerprint density at radius 1 is 0.562 bits per heavy atom. The predicted molar refractivity (Wildman–Crippen MR) is 137 cm³/mol. The van der Waals surface area contributed by atoms with Crippen molar-refractivity contribution in [1.82, 2.24) is 4.90 Å². The van der Waals surface area contributed by atoms with Crippen LogP contribution in [0.1, 0.15) is 129 Å². The lowest BCUT2D eigenvalue weighted by Crippen LogP contribution is -2.54. The van der Waals surface area contributed by atoms with E-state index in [1.54, 1.807) is 0 Å². The molecule has 2 N–H and O–H groups in total. The van der Waals surface area contributed by atoms with E-state index in [0.29, 0.717) is 6.04 Å². The van der Waals surface area contributed by atoms with Crippen LogP contribution in [-0.2, 0) is 0 Å². The predicted octanol–water partition coefficient (Wildman–Crippen LogP) is 7.55. The topological polar surface area (TPSA) is 29.3 Å². The molecule has 0 aromatic heterocycles. The number of rotatable bonds is 3. The van der Waals surface area contributed by atoms with Crippen LogP contribution < -0.4 is 5.73 Å². The van der Waals surface area contributed by atoms with E-state index in [0.717, 1.165) is 47.6 Å². The van der Waals surface area contributed by atoms with Crippen LogP contribution in [0, 0.1) is 35.5 Å². The maximum atomic E-state index is 6.97. The molecular formula is C30H54N2. The van der Waals surface area contributed by atoms with Gasteiger partial charge in [-0.3, -0.25) is 4.90 Å². The van der Waals surface area contributed by atoms with Crippen molar-refractivity contribution >= 4 is 0 Å². The highest BCUT2D eigenvalue weighted by molar-refractivity contribution is 4.96. The molecule has 7 atom stereocenters. The van der Waals surface area contributed by atoms with Gasteiger partial charge in [-0.05, 0) is 86.9 Å². The van der Waals surface area contributed by atoms with Crippen LogP contribution in [0.2, 0.25) is 0 Å². The summed E-state index contributed by atoms with van der Waals surface area (Å²) in [6.07, 6.45) is 28.0. The fourth-order valence-electron chi connectivity index (χ4n) is 9.46. The lowest BCUT2D eigenvalue weighted by molar-refractivity contribution is -0.0180. The van der Waals surface area contributed by atoms with Gasteiger partial charge in [-0.1, -0.05) is 77.6 Å². The third-order valence-corrected chi connectivity index (χ3v) is 11.3. The van der Waals surface area contributed by atoms with E-state index in [9.17, 15) is 0 Å². The van der Waals surface area contributed by atoms with E-state index >= 15 is 0 Å². The van der Waals surface area contributed by atoms with Gasteiger partial charge in [0.1, 0.15) is 0 Å². The van der Waals surface area contributed by atoms with Gasteiger partial charge in [-0.2, -0.15) is 0 Å². The summed E-state index contributed by atoms with van der Waals surface area (Å²) in [6, 6.07) is 2.29. The van der Waals surface area contributed by atoms with E-state index < -0.39 is 0 Å². The molecule has 2 heteroatoms. The second kappa shape index (κ2) is 11.1. The molecule has 1 saturated heterocycles. The average molecular weight is 443 g/mol. The average Bonchev–Trinajstić information content (AvgIpc) is 2.84. The van der Waals surface area contributed by atoms with E-state index in [1.165, 1.54) is 129 Å². The molecule has 0 bridgehead atoms. The van der Waals surface area contributed by atoms with Crippen LogP contribution in [0.5, 0.6) is 0 Å². The summed E-state index contributed by atoms with van der Waals surface area (Å²) in [5.74, 6) is 5.54. The van der Waals surface area contributed by atoms with Gasteiger partial charge in [0.15, 0.2) is 0 Å². The molecule has 4 aliphatic carbocycles. The summed E-state index contributed by atoms with van der Waals surface area (Å²) in [6.45, 7) is 4.04. The molecule has 5 rings (SSSR count). The largest absolute Gasteiger partial charge is 0.327 e. The minimum absolute atomic E-state index is 0.491. The summed E-state index contributed by atoms with van der Waals surface area (Å²) < 4.78 is 0. The minimum Gasteiger partial charge on any atom is -0.327 e. The molecule has 0 amide bonds. The Hall–Kier alpha value is -0.0800. The van der Waals surface area contributed by atoms with E-state index in [1.807, 2.05) is 0 Å². The zero-order chi connectivity index (χ0) is 21.9. The molecular weight excluding hydrogens is 388 g/mol. The number of nitrogens with two attached hydrogens (primary N) is 1. The van der Waals surface area contributed by atoms with Gasteiger partial charge < -0.3 is 5.73 Å². The van der Waals surface area contributed by atoms with Crippen molar-refractivity contribution in [3.05, 3.63) is 0 Å². The maximum absolute atomic E-state index is 6.97. The molecule has 0 aromatic carbocycles.